The van der Waals surface area contributed by atoms with Crippen LogP contribution in [0, 0.1) is 0 Å². The number of hydrogen-bond acceptors (Lipinski definition) is 2. The van der Waals surface area contributed by atoms with Crippen molar-refractivity contribution in [2.45, 2.75) is 11.4 Å². The fourth-order valence-electron chi connectivity index (χ4n) is 1.08. The second-order valence-electron chi connectivity index (χ2n) is 2.69. The molecule has 1 unspecified atom stereocenters. The summed E-state index contributed by atoms with van der Waals surface area (Å²) in [5.41, 5.74) is 0.934. The lowest BCUT2D eigenvalue weighted by atomic mass is 10.1. The molecular formula is C8H12Cl2N2. The van der Waals surface area contributed by atoms with Crippen molar-refractivity contribution in [1.82, 2.24) is 10.6 Å². The monoisotopic (exact) mass is 206 g/mol. The molecule has 0 bridgehead atoms. The maximum absolute atomic E-state index is 6.13. The minimum absolute atomic E-state index is 0.516. The summed E-state index contributed by atoms with van der Waals surface area (Å²) in [7, 11) is 3.65. The van der Waals surface area contributed by atoms with Crippen molar-refractivity contribution in [3.63, 3.8) is 0 Å². The van der Waals surface area contributed by atoms with E-state index in [9.17, 15) is 0 Å². The van der Waals surface area contributed by atoms with Gasteiger partial charge in [-0.25, -0.2) is 0 Å². The van der Waals surface area contributed by atoms with Crippen LogP contribution in [0.25, 0.3) is 0 Å². The third-order valence-corrected chi connectivity index (χ3v) is 2.69. The lowest BCUT2D eigenvalue weighted by Gasteiger charge is -2.26. The van der Waals surface area contributed by atoms with Gasteiger partial charge < -0.3 is 5.32 Å². The summed E-state index contributed by atoms with van der Waals surface area (Å²) in [6, 6.07) is 0. The number of rotatable bonds is 2. The summed E-state index contributed by atoms with van der Waals surface area (Å²) in [5, 5.41) is 6.73. The van der Waals surface area contributed by atoms with Crippen molar-refractivity contribution in [2.75, 3.05) is 14.1 Å². The van der Waals surface area contributed by atoms with E-state index in [-0.39, 0.29) is 0 Å². The van der Waals surface area contributed by atoms with E-state index in [0.29, 0.717) is 6.42 Å². The molecule has 0 fully saturated rings. The summed E-state index contributed by atoms with van der Waals surface area (Å²) < 4.78 is 0. The molecule has 12 heavy (non-hydrogen) atoms. The van der Waals surface area contributed by atoms with Crippen molar-refractivity contribution in [3.8, 4) is 0 Å². The van der Waals surface area contributed by atoms with Crippen LogP contribution in [0.4, 0.5) is 0 Å². The fourth-order valence-corrected chi connectivity index (χ4v) is 1.71. The maximum Gasteiger partial charge on any atom is 0.117 e. The number of nitrogens with one attached hydrogen (secondary N) is 2. The highest BCUT2D eigenvalue weighted by Gasteiger charge is 2.26. The predicted molar refractivity (Wildman–Crippen MR) is 53.3 cm³/mol. The highest BCUT2D eigenvalue weighted by atomic mass is 35.5. The summed E-state index contributed by atoms with van der Waals surface area (Å²) in [5.74, 6) is 0. The molecule has 68 valence electrons. The van der Waals surface area contributed by atoms with Crippen LogP contribution in [0.3, 0.4) is 0 Å². The van der Waals surface area contributed by atoms with E-state index in [2.05, 4.69) is 10.6 Å². The molecule has 0 aromatic rings. The summed E-state index contributed by atoms with van der Waals surface area (Å²) >= 11 is 12.1. The van der Waals surface area contributed by atoms with Crippen LogP contribution in [-0.4, -0.2) is 19.1 Å². The molecule has 1 aliphatic carbocycles. The first-order chi connectivity index (χ1) is 5.61. The summed E-state index contributed by atoms with van der Waals surface area (Å²) in [6.45, 7) is 0. The Hall–Kier alpha value is -0.180. The molecule has 4 heteroatoms. The highest BCUT2D eigenvalue weighted by molar-refractivity contribution is 6.32. The number of halogens is 2. The van der Waals surface area contributed by atoms with Gasteiger partial charge in [-0.05, 0) is 19.2 Å². The van der Waals surface area contributed by atoms with Crippen LogP contribution >= 0.6 is 23.2 Å². The average molecular weight is 207 g/mol. The molecule has 0 saturated carbocycles. The van der Waals surface area contributed by atoms with Crippen molar-refractivity contribution < 1.29 is 0 Å². The molecule has 0 amide bonds. The standard InChI is InChI=1S/C8H12Cl2N2/c1-11-7-3-4-8(10,12-2)5-6(7)9/h3-4,11-12H,5H2,1-2H3. The van der Waals surface area contributed by atoms with Crippen molar-refractivity contribution in [3.05, 3.63) is 22.9 Å². The Morgan fingerprint density at radius 3 is 2.58 bits per heavy atom. The van der Waals surface area contributed by atoms with Gasteiger partial charge in [0.05, 0.1) is 0 Å². The lowest BCUT2D eigenvalue weighted by Crippen LogP contribution is -2.36. The second-order valence-corrected chi connectivity index (χ2v) is 3.82. The largest absolute Gasteiger partial charge is 0.387 e. The molecule has 0 aromatic carbocycles. The van der Waals surface area contributed by atoms with Gasteiger partial charge in [0.25, 0.3) is 0 Å². The SMILES string of the molecule is CNC1=C(Cl)CC(Cl)(NC)C=C1. The molecule has 0 saturated heterocycles. The van der Waals surface area contributed by atoms with E-state index in [1.165, 1.54) is 0 Å². The molecule has 0 aliphatic heterocycles. The number of likely N-dealkylation sites (N-methyl/N-ethyl adjacent to an activating group) is 2. The van der Waals surface area contributed by atoms with Gasteiger partial charge in [-0.2, -0.15) is 0 Å². The maximum atomic E-state index is 6.13. The Kier molecular flexibility index (Phi) is 3.04. The van der Waals surface area contributed by atoms with Gasteiger partial charge in [0.2, 0.25) is 0 Å². The van der Waals surface area contributed by atoms with E-state index in [1.807, 2.05) is 26.2 Å². The normalized spacial score (nSPS) is 29.3. The van der Waals surface area contributed by atoms with Crippen molar-refractivity contribution in [1.29, 1.82) is 0 Å². The van der Waals surface area contributed by atoms with Crippen LogP contribution in [0.15, 0.2) is 22.9 Å². The first-order valence-electron chi connectivity index (χ1n) is 3.75. The zero-order valence-corrected chi connectivity index (χ0v) is 8.63. The molecule has 1 atom stereocenters. The Morgan fingerprint density at radius 2 is 2.17 bits per heavy atom. The Labute approximate surface area is 82.6 Å². The molecule has 2 nitrogen and oxygen atoms in total. The Balaban J connectivity index is 2.81. The minimum atomic E-state index is -0.516. The summed E-state index contributed by atoms with van der Waals surface area (Å²) in [6.07, 6.45) is 4.39. The quantitative estimate of drug-likeness (QED) is 0.532. The van der Waals surface area contributed by atoms with Gasteiger partial charge in [-0.3, -0.25) is 5.32 Å². The van der Waals surface area contributed by atoms with E-state index in [0.717, 1.165) is 10.7 Å². The molecule has 0 heterocycles. The number of allylic oxidation sites excluding steroid dienone is 1. The Bertz CT molecular complexity index is 235. The molecule has 0 aromatic heterocycles. The molecule has 1 aliphatic rings. The molecule has 0 spiro atoms. The minimum Gasteiger partial charge on any atom is -0.387 e. The van der Waals surface area contributed by atoms with Gasteiger partial charge in [0.1, 0.15) is 5.00 Å². The van der Waals surface area contributed by atoms with Crippen LogP contribution in [-0.2, 0) is 0 Å². The first-order valence-corrected chi connectivity index (χ1v) is 4.50. The van der Waals surface area contributed by atoms with E-state index in [1.54, 1.807) is 0 Å². The van der Waals surface area contributed by atoms with Gasteiger partial charge in [-0.1, -0.05) is 23.2 Å². The van der Waals surface area contributed by atoms with Crippen molar-refractivity contribution in [2.24, 2.45) is 0 Å². The topological polar surface area (TPSA) is 24.1 Å². The smallest absolute Gasteiger partial charge is 0.117 e. The summed E-state index contributed by atoms with van der Waals surface area (Å²) in [4.78, 5) is -0.516. The van der Waals surface area contributed by atoms with Gasteiger partial charge >= 0.3 is 0 Å². The van der Waals surface area contributed by atoms with Gasteiger partial charge in [0.15, 0.2) is 0 Å². The number of hydrogen-bond donors (Lipinski definition) is 2. The van der Waals surface area contributed by atoms with E-state index in [4.69, 9.17) is 23.2 Å². The predicted octanol–water partition coefficient (Wildman–Crippen LogP) is 1.77. The van der Waals surface area contributed by atoms with E-state index >= 15 is 0 Å². The zero-order chi connectivity index (χ0) is 9.19. The fraction of sp³-hybridized carbons (Fsp3) is 0.500. The zero-order valence-electron chi connectivity index (χ0n) is 7.12. The van der Waals surface area contributed by atoms with Crippen LogP contribution in [0.2, 0.25) is 0 Å². The van der Waals surface area contributed by atoms with Crippen LogP contribution < -0.4 is 10.6 Å². The molecule has 1 rings (SSSR count). The first kappa shape index (κ1) is 9.90. The van der Waals surface area contributed by atoms with Crippen molar-refractivity contribution >= 4 is 23.2 Å². The molecular weight excluding hydrogens is 195 g/mol. The third kappa shape index (κ3) is 1.94. The molecule has 0 radical (unpaired) electrons. The van der Waals surface area contributed by atoms with Gasteiger partial charge in [-0.15, -0.1) is 0 Å². The molecule has 2 N–H and O–H groups in total. The second kappa shape index (κ2) is 3.69. The lowest BCUT2D eigenvalue weighted by molar-refractivity contribution is 0.593. The van der Waals surface area contributed by atoms with Crippen LogP contribution in [0.1, 0.15) is 6.42 Å². The van der Waals surface area contributed by atoms with Gasteiger partial charge in [0, 0.05) is 24.2 Å². The van der Waals surface area contributed by atoms with E-state index < -0.39 is 5.00 Å². The van der Waals surface area contributed by atoms with Crippen LogP contribution in [0.5, 0.6) is 0 Å². The Morgan fingerprint density at radius 1 is 1.50 bits per heavy atom. The average Bonchev–Trinajstić information content (AvgIpc) is 2.05. The number of alkyl halides is 1. The third-order valence-electron chi connectivity index (χ3n) is 1.90. The highest BCUT2D eigenvalue weighted by Crippen LogP contribution is 2.30.